The zero-order valence-electron chi connectivity index (χ0n) is 11.4. The minimum atomic E-state index is 0.332. The maximum atomic E-state index is 9.53. The van der Waals surface area contributed by atoms with Gasteiger partial charge in [0.05, 0.1) is 0 Å². The quantitative estimate of drug-likeness (QED) is 0.847. The van der Waals surface area contributed by atoms with Gasteiger partial charge in [0.1, 0.15) is 5.75 Å². The lowest BCUT2D eigenvalue weighted by molar-refractivity contribution is 0.475. The summed E-state index contributed by atoms with van der Waals surface area (Å²) in [6.45, 7) is 4.11. The summed E-state index contributed by atoms with van der Waals surface area (Å²) in [5.74, 6) is 0.332. The van der Waals surface area contributed by atoms with Crippen molar-refractivity contribution in [3.05, 3.63) is 60.2 Å². The maximum Gasteiger partial charge on any atom is 0.117 e. The Morgan fingerprint density at radius 2 is 1.79 bits per heavy atom. The van der Waals surface area contributed by atoms with Crippen LogP contribution in [0.1, 0.15) is 18.9 Å². The largest absolute Gasteiger partial charge is 0.508 e. The van der Waals surface area contributed by atoms with Crippen LogP contribution >= 0.6 is 0 Å². The van der Waals surface area contributed by atoms with E-state index in [1.807, 2.05) is 18.2 Å². The Morgan fingerprint density at radius 3 is 2.47 bits per heavy atom. The van der Waals surface area contributed by atoms with Crippen LogP contribution in [0, 0.1) is 0 Å². The molecule has 100 valence electrons. The van der Waals surface area contributed by atoms with Gasteiger partial charge in [-0.3, -0.25) is 0 Å². The predicted octanol–water partition coefficient (Wildman–Crippen LogP) is 3.85. The molecule has 19 heavy (non-hydrogen) atoms. The molecule has 0 spiro atoms. The lowest BCUT2D eigenvalue weighted by Crippen LogP contribution is -2.24. The fourth-order valence-electron chi connectivity index (χ4n) is 2.28. The molecule has 0 saturated carbocycles. The first-order valence-corrected chi connectivity index (χ1v) is 6.87. The van der Waals surface area contributed by atoms with E-state index in [2.05, 4.69) is 42.2 Å². The number of aryl methyl sites for hydroxylation is 1. The first kappa shape index (κ1) is 13.5. The molecule has 0 amide bonds. The third-order valence-electron chi connectivity index (χ3n) is 3.31. The Labute approximate surface area is 115 Å². The third kappa shape index (κ3) is 4.02. The summed E-state index contributed by atoms with van der Waals surface area (Å²) >= 11 is 0. The molecule has 0 aliphatic carbocycles. The van der Waals surface area contributed by atoms with E-state index in [1.54, 1.807) is 6.07 Å². The summed E-state index contributed by atoms with van der Waals surface area (Å²) in [5, 5.41) is 9.53. The molecule has 0 aliphatic heterocycles. The molecule has 0 atom stereocenters. The Balaban J connectivity index is 1.89. The van der Waals surface area contributed by atoms with Gasteiger partial charge in [0.15, 0.2) is 0 Å². The van der Waals surface area contributed by atoms with Crippen molar-refractivity contribution in [3.63, 3.8) is 0 Å². The topological polar surface area (TPSA) is 23.5 Å². The lowest BCUT2D eigenvalue weighted by atomic mass is 10.1. The highest BCUT2D eigenvalue weighted by molar-refractivity contribution is 5.50. The molecule has 2 heteroatoms. The van der Waals surface area contributed by atoms with Crippen molar-refractivity contribution in [2.75, 3.05) is 18.0 Å². The van der Waals surface area contributed by atoms with Gasteiger partial charge < -0.3 is 10.0 Å². The minimum Gasteiger partial charge on any atom is -0.508 e. The molecule has 2 nitrogen and oxygen atoms in total. The molecule has 0 saturated heterocycles. The smallest absolute Gasteiger partial charge is 0.117 e. The van der Waals surface area contributed by atoms with E-state index >= 15 is 0 Å². The highest BCUT2D eigenvalue weighted by Crippen LogP contribution is 2.20. The van der Waals surface area contributed by atoms with Crippen molar-refractivity contribution >= 4 is 5.69 Å². The highest BCUT2D eigenvalue weighted by atomic mass is 16.3. The van der Waals surface area contributed by atoms with E-state index in [0.717, 1.165) is 31.6 Å². The van der Waals surface area contributed by atoms with Crippen LogP contribution < -0.4 is 4.90 Å². The fraction of sp³-hybridized carbons (Fsp3) is 0.294. The van der Waals surface area contributed by atoms with Gasteiger partial charge in [-0.15, -0.1) is 0 Å². The highest BCUT2D eigenvalue weighted by Gasteiger charge is 2.04. The van der Waals surface area contributed by atoms with Crippen molar-refractivity contribution in [2.45, 2.75) is 19.8 Å². The van der Waals surface area contributed by atoms with Crippen molar-refractivity contribution in [2.24, 2.45) is 0 Å². The number of anilines is 1. The Bertz CT molecular complexity index is 496. The number of hydrogen-bond acceptors (Lipinski definition) is 2. The summed E-state index contributed by atoms with van der Waals surface area (Å²) < 4.78 is 0. The minimum absolute atomic E-state index is 0.332. The molecule has 0 bridgehead atoms. The summed E-state index contributed by atoms with van der Waals surface area (Å²) in [5.41, 5.74) is 2.48. The van der Waals surface area contributed by atoms with Crippen LogP contribution in [0.15, 0.2) is 54.6 Å². The number of hydrogen-bond donors (Lipinski definition) is 1. The molecular formula is C17H21NO. The second-order valence-corrected chi connectivity index (χ2v) is 4.69. The van der Waals surface area contributed by atoms with Crippen molar-refractivity contribution in [1.29, 1.82) is 0 Å². The molecule has 0 heterocycles. The van der Waals surface area contributed by atoms with E-state index < -0.39 is 0 Å². The number of rotatable bonds is 6. The van der Waals surface area contributed by atoms with Crippen LogP contribution in [0.25, 0.3) is 0 Å². The molecule has 0 fully saturated rings. The van der Waals surface area contributed by atoms with Crippen LogP contribution in [-0.2, 0) is 6.42 Å². The van der Waals surface area contributed by atoms with Crippen LogP contribution in [0.4, 0.5) is 5.69 Å². The van der Waals surface area contributed by atoms with Crippen LogP contribution in [0.2, 0.25) is 0 Å². The summed E-state index contributed by atoms with van der Waals surface area (Å²) in [6, 6.07) is 18.0. The third-order valence-corrected chi connectivity index (χ3v) is 3.31. The Kier molecular flexibility index (Phi) is 4.85. The molecule has 0 unspecified atom stereocenters. The standard InChI is InChI=1S/C17H21NO/c1-2-18(16-11-6-12-17(19)14-16)13-7-10-15-8-4-3-5-9-15/h3-6,8-9,11-12,14,19H,2,7,10,13H2,1H3. The number of phenolic OH excluding ortho intramolecular Hbond substituents is 1. The summed E-state index contributed by atoms with van der Waals surface area (Å²) in [7, 11) is 0. The van der Waals surface area contributed by atoms with E-state index in [1.165, 1.54) is 5.56 Å². The molecule has 2 rings (SSSR count). The maximum absolute atomic E-state index is 9.53. The Hall–Kier alpha value is -1.96. The molecule has 2 aromatic rings. The SMILES string of the molecule is CCN(CCCc1ccccc1)c1cccc(O)c1. The second kappa shape index (κ2) is 6.83. The second-order valence-electron chi connectivity index (χ2n) is 4.69. The Morgan fingerprint density at radius 1 is 1.00 bits per heavy atom. The van der Waals surface area contributed by atoms with Crippen molar-refractivity contribution in [3.8, 4) is 5.75 Å². The van der Waals surface area contributed by atoms with Gasteiger partial charge in [0, 0.05) is 24.8 Å². The van der Waals surface area contributed by atoms with E-state index in [-0.39, 0.29) is 0 Å². The van der Waals surface area contributed by atoms with E-state index in [0.29, 0.717) is 5.75 Å². The van der Waals surface area contributed by atoms with Gasteiger partial charge in [0.25, 0.3) is 0 Å². The monoisotopic (exact) mass is 255 g/mol. The lowest BCUT2D eigenvalue weighted by Gasteiger charge is -2.23. The molecule has 0 radical (unpaired) electrons. The zero-order chi connectivity index (χ0) is 13.5. The number of aromatic hydroxyl groups is 1. The van der Waals surface area contributed by atoms with Gasteiger partial charge in [-0.2, -0.15) is 0 Å². The molecule has 2 aromatic carbocycles. The normalized spacial score (nSPS) is 10.4. The van der Waals surface area contributed by atoms with Crippen molar-refractivity contribution in [1.82, 2.24) is 0 Å². The molecule has 1 N–H and O–H groups in total. The van der Waals surface area contributed by atoms with Crippen LogP contribution in [0.5, 0.6) is 5.75 Å². The number of nitrogens with zero attached hydrogens (tertiary/aromatic N) is 1. The number of benzene rings is 2. The molecule has 0 aromatic heterocycles. The first-order chi connectivity index (χ1) is 9.29. The summed E-state index contributed by atoms with van der Waals surface area (Å²) in [6.07, 6.45) is 2.21. The number of phenols is 1. The van der Waals surface area contributed by atoms with Gasteiger partial charge in [-0.05, 0) is 37.5 Å². The molecular weight excluding hydrogens is 234 g/mol. The fourth-order valence-corrected chi connectivity index (χ4v) is 2.28. The van der Waals surface area contributed by atoms with E-state index in [4.69, 9.17) is 0 Å². The van der Waals surface area contributed by atoms with Gasteiger partial charge in [-0.1, -0.05) is 36.4 Å². The van der Waals surface area contributed by atoms with Crippen LogP contribution in [-0.4, -0.2) is 18.2 Å². The zero-order valence-corrected chi connectivity index (χ0v) is 11.4. The van der Waals surface area contributed by atoms with Gasteiger partial charge >= 0.3 is 0 Å². The average molecular weight is 255 g/mol. The van der Waals surface area contributed by atoms with E-state index in [9.17, 15) is 5.11 Å². The van der Waals surface area contributed by atoms with Gasteiger partial charge in [-0.25, -0.2) is 0 Å². The average Bonchev–Trinajstić information content (AvgIpc) is 2.45. The van der Waals surface area contributed by atoms with Crippen molar-refractivity contribution < 1.29 is 5.11 Å². The van der Waals surface area contributed by atoms with Gasteiger partial charge in [0.2, 0.25) is 0 Å². The van der Waals surface area contributed by atoms with Crippen LogP contribution in [0.3, 0.4) is 0 Å². The summed E-state index contributed by atoms with van der Waals surface area (Å²) in [4.78, 5) is 2.29. The predicted molar refractivity (Wildman–Crippen MR) is 80.8 cm³/mol. The molecule has 0 aliphatic rings. The first-order valence-electron chi connectivity index (χ1n) is 6.87.